The van der Waals surface area contributed by atoms with Gasteiger partial charge in [0, 0.05) is 30.6 Å². The number of nitrogens with zero attached hydrogens (tertiary/aromatic N) is 1. The van der Waals surface area contributed by atoms with E-state index in [1.54, 1.807) is 0 Å². The van der Waals surface area contributed by atoms with E-state index in [-0.39, 0.29) is 17.9 Å². The van der Waals surface area contributed by atoms with Gasteiger partial charge in [-0.3, -0.25) is 4.79 Å². The number of piperazine rings is 1. The molecule has 1 amide bonds. The number of rotatable bonds is 3. The molecule has 0 spiro atoms. The number of amides is 1. The topological polar surface area (TPSA) is 58.4 Å². The molecule has 2 fully saturated rings. The SMILES string of the molecule is NC[C@H]1CCC[C@H]1C(=O)N1CCNCC1c1ccccc1Cl. The summed E-state index contributed by atoms with van der Waals surface area (Å²) in [5.74, 6) is 0.696. The van der Waals surface area contributed by atoms with Crippen molar-refractivity contribution in [3.05, 3.63) is 34.9 Å². The lowest BCUT2D eigenvalue weighted by atomic mass is 9.92. The number of hydrogen-bond acceptors (Lipinski definition) is 3. The molecule has 3 N–H and O–H groups in total. The van der Waals surface area contributed by atoms with Crippen LogP contribution in [0.2, 0.25) is 5.02 Å². The molecule has 5 heteroatoms. The number of benzene rings is 1. The molecule has 2 aliphatic rings. The van der Waals surface area contributed by atoms with Crippen LogP contribution in [0.1, 0.15) is 30.9 Å². The summed E-state index contributed by atoms with van der Waals surface area (Å²) in [5.41, 5.74) is 6.89. The predicted octanol–water partition coefficient (Wildman–Crippen LogP) is 2.19. The number of nitrogens with two attached hydrogens (primary N) is 1. The maximum absolute atomic E-state index is 13.1. The average Bonchev–Trinajstić information content (AvgIpc) is 3.03. The van der Waals surface area contributed by atoms with Gasteiger partial charge in [0.1, 0.15) is 0 Å². The Bertz CT molecular complexity index is 536. The van der Waals surface area contributed by atoms with Crippen molar-refractivity contribution in [3.63, 3.8) is 0 Å². The second-order valence-electron chi connectivity index (χ2n) is 6.31. The van der Waals surface area contributed by atoms with Crippen molar-refractivity contribution in [1.82, 2.24) is 10.2 Å². The normalized spacial score (nSPS) is 28.8. The van der Waals surface area contributed by atoms with E-state index in [0.29, 0.717) is 12.5 Å². The van der Waals surface area contributed by atoms with Gasteiger partial charge in [-0.25, -0.2) is 0 Å². The van der Waals surface area contributed by atoms with Gasteiger partial charge in [-0.2, -0.15) is 0 Å². The van der Waals surface area contributed by atoms with Gasteiger partial charge < -0.3 is 16.0 Å². The number of halogens is 1. The lowest BCUT2D eigenvalue weighted by molar-refractivity contribution is -0.140. The highest BCUT2D eigenvalue weighted by Crippen LogP contribution is 2.36. The zero-order valence-electron chi connectivity index (χ0n) is 12.8. The first kappa shape index (κ1) is 15.8. The van der Waals surface area contributed by atoms with Gasteiger partial charge in [0.15, 0.2) is 0 Å². The first-order valence-corrected chi connectivity index (χ1v) is 8.56. The molecule has 3 rings (SSSR count). The minimum Gasteiger partial charge on any atom is -0.333 e. The molecule has 1 aliphatic heterocycles. The molecule has 22 heavy (non-hydrogen) atoms. The Hall–Kier alpha value is -1.10. The van der Waals surface area contributed by atoms with Crippen LogP contribution in [0.3, 0.4) is 0 Å². The van der Waals surface area contributed by atoms with E-state index in [4.69, 9.17) is 17.3 Å². The molecule has 0 radical (unpaired) electrons. The third-order valence-electron chi connectivity index (χ3n) is 5.07. The van der Waals surface area contributed by atoms with Gasteiger partial charge in [-0.1, -0.05) is 36.2 Å². The van der Waals surface area contributed by atoms with E-state index >= 15 is 0 Å². The molecule has 1 saturated heterocycles. The summed E-state index contributed by atoms with van der Waals surface area (Å²) < 4.78 is 0. The van der Waals surface area contributed by atoms with Crippen molar-refractivity contribution >= 4 is 17.5 Å². The standard InChI is InChI=1S/C17H24ClN3O/c18-15-7-2-1-5-14(15)16-11-20-8-9-21(16)17(22)13-6-3-4-12(13)10-19/h1-2,5,7,12-13,16,20H,3-4,6,8-11,19H2/t12-,13-,16?/m1/s1. The molecule has 3 atom stereocenters. The summed E-state index contributed by atoms with van der Waals surface area (Å²) in [6, 6.07) is 7.85. The lowest BCUT2D eigenvalue weighted by Crippen LogP contribution is -2.51. The fraction of sp³-hybridized carbons (Fsp3) is 0.588. The fourth-order valence-electron chi connectivity index (χ4n) is 3.85. The molecule has 1 aromatic rings. The maximum Gasteiger partial charge on any atom is 0.226 e. The molecule has 1 aromatic carbocycles. The highest BCUT2D eigenvalue weighted by atomic mass is 35.5. The molecule has 4 nitrogen and oxygen atoms in total. The van der Waals surface area contributed by atoms with Gasteiger partial charge in [0.2, 0.25) is 5.91 Å². The third-order valence-corrected chi connectivity index (χ3v) is 5.41. The van der Waals surface area contributed by atoms with Crippen LogP contribution in [0.4, 0.5) is 0 Å². The zero-order chi connectivity index (χ0) is 15.5. The van der Waals surface area contributed by atoms with Gasteiger partial charge in [-0.15, -0.1) is 0 Å². The minimum atomic E-state index is 0.0222. The summed E-state index contributed by atoms with van der Waals surface area (Å²) in [6.07, 6.45) is 3.16. The first-order chi connectivity index (χ1) is 10.7. The number of carbonyl (C=O) groups is 1. The van der Waals surface area contributed by atoms with E-state index in [1.807, 2.05) is 29.2 Å². The Morgan fingerprint density at radius 1 is 1.36 bits per heavy atom. The van der Waals surface area contributed by atoms with Crippen LogP contribution in [0.25, 0.3) is 0 Å². The first-order valence-electron chi connectivity index (χ1n) is 8.18. The summed E-state index contributed by atoms with van der Waals surface area (Å²) in [4.78, 5) is 15.1. The van der Waals surface area contributed by atoms with Gasteiger partial charge in [0.05, 0.1) is 6.04 Å². The Morgan fingerprint density at radius 2 is 2.18 bits per heavy atom. The van der Waals surface area contributed by atoms with Crippen molar-refractivity contribution in [2.24, 2.45) is 17.6 Å². The van der Waals surface area contributed by atoms with Crippen molar-refractivity contribution in [3.8, 4) is 0 Å². The molecular weight excluding hydrogens is 298 g/mol. The highest BCUT2D eigenvalue weighted by molar-refractivity contribution is 6.31. The predicted molar refractivity (Wildman–Crippen MR) is 88.7 cm³/mol. The molecule has 1 unspecified atom stereocenters. The van der Waals surface area contributed by atoms with Crippen LogP contribution in [-0.2, 0) is 4.79 Å². The summed E-state index contributed by atoms with van der Waals surface area (Å²) in [7, 11) is 0. The second kappa shape index (κ2) is 6.99. The van der Waals surface area contributed by atoms with Crippen LogP contribution in [0.5, 0.6) is 0 Å². The largest absolute Gasteiger partial charge is 0.333 e. The smallest absolute Gasteiger partial charge is 0.226 e. The zero-order valence-corrected chi connectivity index (χ0v) is 13.6. The van der Waals surface area contributed by atoms with E-state index < -0.39 is 0 Å². The van der Waals surface area contributed by atoms with Crippen LogP contribution in [0, 0.1) is 11.8 Å². The molecule has 0 aromatic heterocycles. The van der Waals surface area contributed by atoms with Crippen molar-refractivity contribution < 1.29 is 4.79 Å². The van der Waals surface area contributed by atoms with Crippen molar-refractivity contribution in [2.75, 3.05) is 26.2 Å². The fourth-order valence-corrected chi connectivity index (χ4v) is 4.11. The quantitative estimate of drug-likeness (QED) is 0.897. The van der Waals surface area contributed by atoms with Crippen LogP contribution in [0.15, 0.2) is 24.3 Å². The van der Waals surface area contributed by atoms with E-state index in [0.717, 1.165) is 49.5 Å². The Morgan fingerprint density at radius 3 is 2.95 bits per heavy atom. The van der Waals surface area contributed by atoms with Crippen LogP contribution in [-0.4, -0.2) is 37.0 Å². The van der Waals surface area contributed by atoms with Gasteiger partial charge in [-0.05, 0) is 36.9 Å². The minimum absolute atomic E-state index is 0.0222. The molecule has 1 aliphatic carbocycles. The summed E-state index contributed by atoms with van der Waals surface area (Å²) in [6.45, 7) is 2.95. The Balaban J connectivity index is 1.84. The molecular formula is C17H24ClN3O. The van der Waals surface area contributed by atoms with E-state index in [9.17, 15) is 4.79 Å². The van der Waals surface area contributed by atoms with Crippen molar-refractivity contribution in [2.45, 2.75) is 25.3 Å². The summed E-state index contributed by atoms with van der Waals surface area (Å²) >= 11 is 6.36. The molecule has 120 valence electrons. The van der Waals surface area contributed by atoms with Gasteiger partial charge in [0.25, 0.3) is 0 Å². The summed E-state index contributed by atoms with van der Waals surface area (Å²) in [5, 5.41) is 4.12. The maximum atomic E-state index is 13.1. The number of hydrogen-bond donors (Lipinski definition) is 2. The van der Waals surface area contributed by atoms with E-state index in [1.165, 1.54) is 0 Å². The van der Waals surface area contributed by atoms with Crippen LogP contribution >= 0.6 is 11.6 Å². The van der Waals surface area contributed by atoms with Crippen LogP contribution < -0.4 is 11.1 Å². The third kappa shape index (κ3) is 3.00. The second-order valence-corrected chi connectivity index (χ2v) is 6.71. The number of carbonyl (C=O) groups excluding carboxylic acids is 1. The van der Waals surface area contributed by atoms with Crippen molar-refractivity contribution in [1.29, 1.82) is 0 Å². The molecule has 0 bridgehead atoms. The lowest BCUT2D eigenvalue weighted by Gasteiger charge is -2.39. The molecule has 1 heterocycles. The molecule has 1 saturated carbocycles. The average molecular weight is 322 g/mol. The van der Waals surface area contributed by atoms with Gasteiger partial charge >= 0.3 is 0 Å². The Labute approximate surface area is 137 Å². The monoisotopic (exact) mass is 321 g/mol. The highest BCUT2D eigenvalue weighted by Gasteiger charge is 2.38. The number of nitrogens with one attached hydrogen (secondary N) is 1. The Kier molecular flexibility index (Phi) is 5.01. The van der Waals surface area contributed by atoms with E-state index in [2.05, 4.69) is 5.32 Å².